The fourth-order valence-electron chi connectivity index (χ4n) is 3.26. The number of carbonyl (C=O) groups excluding carboxylic acids is 3. The summed E-state index contributed by atoms with van der Waals surface area (Å²) in [7, 11) is 2.78. The van der Waals surface area contributed by atoms with Gasteiger partial charge in [-0.3, -0.25) is 38.7 Å². The Balaban J connectivity index is 1.72. The lowest BCUT2D eigenvalue weighted by atomic mass is 10.0. The zero-order valence-corrected chi connectivity index (χ0v) is 21.5. The van der Waals surface area contributed by atoms with E-state index in [4.69, 9.17) is 0 Å². The van der Waals surface area contributed by atoms with Gasteiger partial charge in [-0.25, -0.2) is 4.79 Å². The Bertz CT molecular complexity index is 1260. The molecule has 3 rings (SSSR count). The minimum atomic E-state index is -1.33. The molecule has 188 valence electrons. The van der Waals surface area contributed by atoms with Gasteiger partial charge in [0, 0.05) is 23.9 Å². The van der Waals surface area contributed by atoms with Gasteiger partial charge >= 0.3 is 17.1 Å². The van der Waals surface area contributed by atoms with Crippen molar-refractivity contribution in [2.24, 2.45) is 12.2 Å². The number of aromatic amines is 1. The molecule has 1 aromatic heterocycles. The van der Waals surface area contributed by atoms with Gasteiger partial charge in [0.05, 0.1) is 12.1 Å². The highest BCUT2D eigenvalue weighted by Crippen LogP contribution is 2.41. The third-order valence-corrected chi connectivity index (χ3v) is 7.96. The number of nitrogens with one attached hydrogen (secondary N) is 2. The van der Waals surface area contributed by atoms with Gasteiger partial charge in [0.1, 0.15) is 24.2 Å². The van der Waals surface area contributed by atoms with Gasteiger partial charge in [-0.1, -0.05) is 32.8 Å². The predicted octanol–water partition coefficient (Wildman–Crippen LogP) is -1.34. The molecule has 3 heterocycles. The number of hydrogen-bond acceptors (Lipinski definition) is 11. The van der Waals surface area contributed by atoms with Gasteiger partial charge in [0.2, 0.25) is 5.78 Å². The number of aryl methyl sites for hydroxylation is 1. The number of carbonyl (C=O) groups is 4. The Kier molecular flexibility index (Phi) is 8.55. The predicted molar refractivity (Wildman–Crippen MR) is 128 cm³/mol. The third-order valence-electron chi connectivity index (χ3n) is 4.85. The molecule has 0 spiro atoms. The highest BCUT2D eigenvalue weighted by atomic mass is 79.9. The van der Waals surface area contributed by atoms with Gasteiger partial charge < -0.3 is 15.3 Å². The molecule has 35 heavy (non-hydrogen) atoms. The van der Waals surface area contributed by atoms with Crippen LogP contribution in [0.4, 0.5) is 0 Å². The van der Waals surface area contributed by atoms with E-state index in [1.54, 1.807) is 0 Å². The summed E-state index contributed by atoms with van der Waals surface area (Å²) < 4.78 is 1.24. The summed E-state index contributed by atoms with van der Waals surface area (Å²) >= 11 is 5.38. The molecular formula is C18H19BrN6O8S2. The molecule has 2 aliphatic heterocycles. The Morgan fingerprint density at radius 2 is 2.09 bits per heavy atom. The van der Waals surface area contributed by atoms with Crippen molar-refractivity contribution >= 4 is 68.7 Å². The molecule has 2 amide bonds. The summed E-state index contributed by atoms with van der Waals surface area (Å²) in [5.41, 5.74) is -1.40. The minimum absolute atomic E-state index is 0.0844. The fourth-order valence-corrected chi connectivity index (χ4v) is 5.96. The normalized spacial score (nSPS) is 19.7. The third kappa shape index (κ3) is 5.67. The van der Waals surface area contributed by atoms with Crippen LogP contribution in [0.25, 0.3) is 0 Å². The molecule has 0 saturated carbocycles. The molecule has 14 nitrogen and oxygen atoms in total. The summed E-state index contributed by atoms with van der Waals surface area (Å²) in [6.07, 6.45) is -0.309. The van der Waals surface area contributed by atoms with Crippen molar-refractivity contribution < 1.29 is 29.1 Å². The van der Waals surface area contributed by atoms with Gasteiger partial charge in [-0.15, -0.1) is 11.8 Å². The number of halogens is 1. The summed E-state index contributed by atoms with van der Waals surface area (Å²) in [4.78, 5) is 81.4. The number of alkyl halides is 1. The molecule has 2 atom stereocenters. The highest BCUT2D eigenvalue weighted by molar-refractivity contribution is 9.09. The van der Waals surface area contributed by atoms with Crippen molar-refractivity contribution in [1.29, 1.82) is 0 Å². The maximum Gasteiger partial charge on any atom is 0.352 e. The van der Waals surface area contributed by atoms with Crippen LogP contribution in [0.5, 0.6) is 0 Å². The van der Waals surface area contributed by atoms with Crippen LogP contribution in [0.2, 0.25) is 0 Å². The number of thioether (sulfide) groups is 2. The van der Waals surface area contributed by atoms with E-state index in [9.17, 15) is 33.9 Å². The minimum Gasteiger partial charge on any atom is -0.477 e. The second-order valence-corrected chi connectivity index (χ2v) is 9.79. The largest absolute Gasteiger partial charge is 0.477 e. The van der Waals surface area contributed by atoms with Crippen LogP contribution in [0.3, 0.4) is 0 Å². The molecule has 1 saturated heterocycles. The average Bonchev–Trinajstić information content (AvgIpc) is 2.82. The number of nitrogens with zero attached hydrogens (tertiary/aromatic N) is 4. The van der Waals surface area contributed by atoms with E-state index in [-0.39, 0.29) is 39.8 Å². The number of Topliss-reactive ketones (excluding diaryl/α,β-unsaturated/α-hetero) is 1. The van der Waals surface area contributed by atoms with Gasteiger partial charge in [0.25, 0.3) is 11.8 Å². The molecule has 17 heteroatoms. The van der Waals surface area contributed by atoms with Crippen LogP contribution in [0.1, 0.15) is 6.42 Å². The van der Waals surface area contributed by atoms with Crippen molar-refractivity contribution in [1.82, 2.24) is 25.0 Å². The lowest BCUT2D eigenvalue weighted by molar-refractivity contribution is -0.151. The standard InChI is InChI=1S/C18H19BrN6O8S2/c1-24-18(21-13(28)14(29)22-24)35-6-7-5-34-16-10(15(30)25(16)11(7)17(31)32)20-12(27)9(26)3-8(4-19)23-33-2/h10,16H,3-6H2,1-2H3,(H,20,27)(H,22,29)(H,31,32)/t10-,16-/m1/s1. The number of amides is 2. The molecule has 0 aliphatic carbocycles. The van der Waals surface area contributed by atoms with Gasteiger partial charge in [0.15, 0.2) is 5.16 Å². The van der Waals surface area contributed by atoms with Crippen LogP contribution in [-0.2, 0) is 31.1 Å². The smallest absolute Gasteiger partial charge is 0.352 e. The number of hydrogen-bond donors (Lipinski definition) is 3. The highest BCUT2D eigenvalue weighted by Gasteiger charge is 2.54. The molecule has 0 radical (unpaired) electrons. The van der Waals surface area contributed by atoms with Crippen molar-refractivity contribution in [2.75, 3.05) is 23.9 Å². The molecule has 0 bridgehead atoms. The second kappa shape index (κ2) is 11.2. The number of aromatic nitrogens is 3. The monoisotopic (exact) mass is 590 g/mol. The number of β-lactam (4-membered cyclic amide) rings is 1. The Morgan fingerprint density at radius 3 is 2.71 bits per heavy atom. The van der Waals surface area contributed by atoms with E-state index in [1.165, 1.54) is 30.6 Å². The summed E-state index contributed by atoms with van der Waals surface area (Å²) in [6.45, 7) is 0. The van der Waals surface area contributed by atoms with Crippen molar-refractivity contribution in [3.05, 3.63) is 32.0 Å². The first-order valence-corrected chi connectivity index (χ1v) is 12.9. The van der Waals surface area contributed by atoms with E-state index in [0.717, 1.165) is 16.7 Å². The van der Waals surface area contributed by atoms with E-state index >= 15 is 0 Å². The number of aliphatic carboxylic acids is 1. The number of carboxylic acid groups (broad SMARTS) is 1. The van der Waals surface area contributed by atoms with E-state index in [0.29, 0.717) is 5.57 Å². The van der Waals surface area contributed by atoms with Crippen LogP contribution >= 0.6 is 39.5 Å². The molecule has 2 aliphatic rings. The summed E-state index contributed by atoms with van der Waals surface area (Å²) in [6, 6.07) is -1.06. The van der Waals surface area contributed by atoms with Crippen molar-refractivity contribution in [3.8, 4) is 0 Å². The van der Waals surface area contributed by atoms with Crippen molar-refractivity contribution in [3.63, 3.8) is 0 Å². The molecule has 1 fully saturated rings. The lowest BCUT2D eigenvalue weighted by Gasteiger charge is -2.49. The zero-order chi connectivity index (χ0) is 25.9. The first-order valence-electron chi connectivity index (χ1n) is 9.77. The number of fused-ring (bicyclic) bond motifs is 1. The topological polar surface area (TPSA) is 193 Å². The fraction of sp³-hybridized carbons (Fsp3) is 0.444. The first-order chi connectivity index (χ1) is 16.6. The van der Waals surface area contributed by atoms with Gasteiger partial charge in [-0.05, 0) is 5.57 Å². The van der Waals surface area contributed by atoms with Crippen LogP contribution < -0.4 is 16.4 Å². The first kappa shape index (κ1) is 26.7. The average molecular weight is 591 g/mol. The Morgan fingerprint density at radius 1 is 1.37 bits per heavy atom. The molecular weight excluding hydrogens is 572 g/mol. The number of rotatable bonds is 10. The number of oxime groups is 1. The Hall–Kier alpha value is -2.92. The van der Waals surface area contributed by atoms with E-state index in [2.05, 4.69) is 41.3 Å². The SMILES string of the molecule is CON=C(CBr)CC(=O)C(=O)N[C@@H]1C(=O)N2C(C(=O)O)=C(CSc3nc(=O)c(=O)[nH]n3C)CS[C@H]12. The molecule has 0 unspecified atom stereocenters. The molecule has 3 N–H and O–H groups in total. The second-order valence-electron chi connectivity index (χ2n) is 7.18. The van der Waals surface area contributed by atoms with Gasteiger partial charge in [-0.2, -0.15) is 4.98 Å². The van der Waals surface area contributed by atoms with Crippen LogP contribution in [-0.4, -0.2) is 89.4 Å². The van der Waals surface area contributed by atoms with Crippen molar-refractivity contribution in [2.45, 2.75) is 23.0 Å². The van der Waals surface area contributed by atoms with E-state index < -0.39 is 46.1 Å². The maximum absolute atomic E-state index is 12.7. The number of H-pyrrole nitrogens is 1. The van der Waals surface area contributed by atoms with E-state index in [1.807, 2.05) is 0 Å². The quantitative estimate of drug-likeness (QED) is 0.0728. The molecule has 0 aromatic carbocycles. The number of carboxylic acids is 1. The summed E-state index contributed by atoms with van der Waals surface area (Å²) in [5, 5.41) is 17.7. The lowest BCUT2D eigenvalue weighted by Crippen LogP contribution is -2.71. The summed E-state index contributed by atoms with van der Waals surface area (Å²) in [5.74, 6) is -3.50. The maximum atomic E-state index is 12.7. The van der Waals surface area contributed by atoms with Crippen LogP contribution in [0, 0.1) is 0 Å². The van der Waals surface area contributed by atoms with Crippen LogP contribution in [0.15, 0.2) is 31.2 Å². The Labute approximate surface area is 213 Å². The number of ketones is 1. The molecule has 1 aromatic rings. The zero-order valence-electron chi connectivity index (χ0n) is 18.3.